The number of allylic oxidation sites excluding steroid dienone is 10. The SMILES string of the molecule is C/C=C\C/C=C\C/C=C\C(C)C(O)CN(CCCCS)CC(O)C(C)/C=C\C/C=C\C/C=C\C. The van der Waals surface area contributed by atoms with Gasteiger partial charge in [0.15, 0.2) is 0 Å². The smallest absolute Gasteiger partial charge is 0.0726 e. The molecule has 3 nitrogen and oxygen atoms in total. The monoisotopic (exact) mass is 489 g/mol. The fourth-order valence-electron chi connectivity index (χ4n) is 3.38. The molecule has 0 radical (unpaired) electrons. The van der Waals surface area contributed by atoms with Gasteiger partial charge in [-0.05, 0) is 64.7 Å². The van der Waals surface area contributed by atoms with E-state index in [-0.39, 0.29) is 11.8 Å². The molecule has 2 N–H and O–H groups in total. The number of aliphatic hydroxyl groups excluding tert-OH is 2. The zero-order chi connectivity index (χ0) is 25.4. The Morgan fingerprint density at radius 3 is 1.44 bits per heavy atom. The maximum absolute atomic E-state index is 10.8. The molecule has 0 aromatic heterocycles. The second kappa shape index (κ2) is 23.4. The molecule has 0 aliphatic heterocycles. The van der Waals surface area contributed by atoms with Gasteiger partial charge < -0.3 is 10.2 Å². The molecule has 0 aromatic carbocycles. The molecule has 4 atom stereocenters. The number of aliphatic hydroxyl groups is 2. The molecule has 4 heteroatoms. The van der Waals surface area contributed by atoms with E-state index in [0.29, 0.717) is 13.1 Å². The maximum atomic E-state index is 10.8. The minimum atomic E-state index is -0.459. The van der Waals surface area contributed by atoms with Crippen molar-refractivity contribution < 1.29 is 10.2 Å². The third kappa shape index (κ3) is 19.0. The van der Waals surface area contributed by atoms with Crippen molar-refractivity contribution in [2.45, 2.75) is 78.4 Å². The number of unbranched alkanes of at least 4 members (excludes halogenated alkanes) is 1. The van der Waals surface area contributed by atoms with Gasteiger partial charge in [-0.1, -0.05) is 86.8 Å². The molecule has 0 aromatic rings. The Morgan fingerprint density at radius 1 is 0.647 bits per heavy atom. The summed E-state index contributed by atoms with van der Waals surface area (Å²) < 4.78 is 0. The van der Waals surface area contributed by atoms with E-state index in [1.165, 1.54) is 0 Å². The highest BCUT2D eigenvalue weighted by atomic mass is 32.1. The van der Waals surface area contributed by atoms with Crippen molar-refractivity contribution in [1.29, 1.82) is 0 Å². The lowest BCUT2D eigenvalue weighted by atomic mass is 10.0. The quantitative estimate of drug-likeness (QED) is 0.0987. The summed E-state index contributed by atoms with van der Waals surface area (Å²) in [6.07, 6.45) is 30.3. The molecule has 0 aliphatic rings. The van der Waals surface area contributed by atoms with Crippen molar-refractivity contribution >= 4 is 12.6 Å². The predicted octanol–water partition coefficient (Wildman–Crippen LogP) is 6.93. The van der Waals surface area contributed by atoms with Gasteiger partial charge in [-0.15, -0.1) is 0 Å². The Labute approximate surface area is 216 Å². The van der Waals surface area contributed by atoms with Gasteiger partial charge in [0.25, 0.3) is 0 Å². The minimum absolute atomic E-state index is 0.0696. The van der Waals surface area contributed by atoms with Crippen molar-refractivity contribution in [1.82, 2.24) is 4.90 Å². The molecule has 34 heavy (non-hydrogen) atoms. The molecular weight excluding hydrogens is 438 g/mol. The predicted molar refractivity (Wildman–Crippen MR) is 155 cm³/mol. The lowest BCUT2D eigenvalue weighted by Gasteiger charge is -2.30. The van der Waals surface area contributed by atoms with Crippen LogP contribution in [0, 0.1) is 11.8 Å². The summed E-state index contributed by atoms with van der Waals surface area (Å²) in [6.45, 7) is 10.2. The standard InChI is InChI=1S/C30H51NO2S/c1-5-7-9-11-13-15-17-21-27(3)29(32)25-31(23-19-20-24-34)26-30(33)28(4)22-18-16-14-12-10-8-6-2/h5-8,11-14,17-18,21-22,27-30,32-34H,9-10,15-16,19-20,23-26H2,1-4H3/b7-5-,8-6-,13-11-,14-12-,21-17-,22-18-. The number of hydrogen-bond acceptors (Lipinski definition) is 4. The maximum Gasteiger partial charge on any atom is 0.0726 e. The summed E-state index contributed by atoms with van der Waals surface area (Å²) in [5, 5.41) is 21.6. The molecule has 0 bridgehead atoms. The van der Waals surface area contributed by atoms with Gasteiger partial charge in [0.05, 0.1) is 12.2 Å². The fraction of sp³-hybridized carbons (Fsp3) is 0.600. The van der Waals surface area contributed by atoms with E-state index in [1.807, 2.05) is 13.8 Å². The van der Waals surface area contributed by atoms with Gasteiger partial charge in [-0.3, -0.25) is 4.90 Å². The number of rotatable bonds is 20. The van der Waals surface area contributed by atoms with Crippen LogP contribution in [-0.4, -0.2) is 52.7 Å². The Hall–Kier alpha value is -1.33. The highest BCUT2D eigenvalue weighted by Crippen LogP contribution is 2.13. The summed E-state index contributed by atoms with van der Waals surface area (Å²) in [5.74, 6) is 1.00. The van der Waals surface area contributed by atoms with E-state index >= 15 is 0 Å². The van der Waals surface area contributed by atoms with Crippen molar-refractivity contribution in [3.63, 3.8) is 0 Å². The largest absolute Gasteiger partial charge is 0.391 e. The number of nitrogens with zero attached hydrogens (tertiary/aromatic N) is 1. The van der Waals surface area contributed by atoms with Crippen LogP contribution < -0.4 is 0 Å². The molecule has 0 aliphatic carbocycles. The van der Waals surface area contributed by atoms with Gasteiger partial charge in [0.1, 0.15) is 0 Å². The first kappa shape index (κ1) is 32.7. The van der Waals surface area contributed by atoms with E-state index < -0.39 is 12.2 Å². The average Bonchev–Trinajstić information content (AvgIpc) is 2.82. The second-order valence-electron chi connectivity index (χ2n) is 8.92. The molecule has 0 saturated carbocycles. The van der Waals surface area contributed by atoms with Gasteiger partial charge in [0.2, 0.25) is 0 Å². The normalized spacial score (nSPS) is 16.9. The highest BCUT2D eigenvalue weighted by Gasteiger charge is 2.20. The van der Waals surface area contributed by atoms with Gasteiger partial charge in [-0.2, -0.15) is 12.6 Å². The van der Waals surface area contributed by atoms with Crippen LogP contribution in [0.5, 0.6) is 0 Å². The lowest BCUT2D eigenvalue weighted by molar-refractivity contribution is 0.0426. The molecule has 0 saturated heterocycles. The molecular formula is C30H51NO2S. The van der Waals surface area contributed by atoms with Crippen LogP contribution in [0.15, 0.2) is 72.9 Å². The van der Waals surface area contributed by atoms with Crippen molar-refractivity contribution in [3.8, 4) is 0 Å². The van der Waals surface area contributed by atoms with Crippen molar-refractivity contribution in [3.05, 3.63) is 72.9 Å². The molecule has 194 valence electrons. The van der Waals surface area contributed by atoms with E-state index in [0.717, 1.165) is 50.8 Å². The van der Waals surface area contributed by atoms with Crippen LogP contribution >= 0.6 is 12.6 Å². The lowest BCUT2D eigenvalue weighted by Crippen LogP contribution is -2.42. The summed E-state index contributed by atoms with van der Waals surface area (Å²) in [7, 11) is 0. The van der Waals surface area contributed by atoms with E-state index in [1.54, 1.807) is 0 Å². The molecule has 0 rings (SSSR count). The molecule has 0 fully saturated rings. The fourth-order valence-corrected chi connectivity index (χ4v) is 3.60. The number of hydrogen-bond donors (Lipinski definition) is 3. The van der Waals surface area contributed by atoms with Crippen molar-refractivity contribution in [2.75, 3.05) is 25.4 Å². The zero-order valence-corrected chi connectivity index (χ0v) is 23.0. The molecule has 0 amide bonds. The first-order valence-electron chi connectivity index (χ1n) is 13.0. The van der Waals surface area contributed by atoms with Crippen LogP contribution in [0.25, 0.3) is 0 Å². The first-order chi connectivity index (χ1) is 16.5. The Balaban J connectivity index is 4.70. The summed E-state index contributed by atoms with van der Waals surface area (Å²) in [4.78, 5) is 2.21. The minimum Gasteiger partial charge on any atom is -0.391 e. The average molecular weight is 490 g/mol. The Morgan fingerprint density at radius 2 is 1.06 bits per heavy atom. The first-order valence-corrected chi connectivity index (χ1v) is 13.6. The highest BCUT2D eigenvalue weighted by molar-refractivity contribution is 7.80. The zero-order valence-electron chi connectivity index (χ0n) is 22.1. The Kier molecular flexibility index (Phi) is 22.5. The van der Waals surface area contributed by atoms with Crippen molar-refractivity contribution in [2.24, 2.45) is 11.8 Å². The van der Waals surface area contributed by atoms with Gasteiger partial charge in [-0.25, -0.2) is 0 Å². The molecule has 0 heterocycles. The van der Waals surface area contributed by atoms with E-state index in [4.69, 9.17) is 0 Å². The summed E-state index contributed by atoms with van der Waals surface area (Å²) in [5.41, 5.74) is 0. The molecule has 0 spiro atoms. The Bertz CT molecular complexity index is 586. The summed E-state index contributed by atoms with van der Waals surface area (Å²) >= 11 is 4.32. The van der Waals surface area contributed by atoms with E-state index in [9.17, 15) is 10.2 Å². The van der Waals surface area contributed by atoms with Crippen LogP contribution in [0.3, 0.4) is 0 Å². The van der Waals surface area contributed by atoms with Crippen LogP contribution in [0.2, 0.25) is 0 Å². The van der Waals surface area contributed by atoms with Gasteiger partial charge in [0, 0.05) is 24.9 Å². The van der Waals surface area contributed by atoms with Crippen LogP contribution in [0.1, 0.15) is 66.2 Å². The topological polar surface area (TPSA) is 43.7 Å². The molecule has 4 unspecified atom stereocenters. The third-order valence-corrected chi connectivity index (χ3v) is 6.08. The number of thiol groups is 1. The van der Waals surface area contributed by atoms with Crippen LogP contribution in [-0.2, 0) is 0 Å². The van der Waals surface area contributed by atoms with Crippen LogP contribution in [0.4, 0.5) is 0 Å². The third-order valence-electron chi connectivity index (χ3n) is 5.76. The van der Waals surface area contributed by atoms with Gasteiger partial charge >= 0.3 is 0 Å². The van der Waals surface area contributed by atoms with E-state index in [2.05, 4.69) is 104 Å². The second-order valence-corrected chi connectivity index (χ2v) is 9.37. The summed E-state index contributed by atoms with van der Waals surface area (Å²) in [6, 6.07) is 0.